The van der Waals surface area contributed by atoms with E-state index in [4.69, 9.17) is 14.2 Å². The summed E-state index contributed by atoms with van der Waals surface area (Å²) in [4.78, 5) is 24.0. The molecule has 1 amide bonds. The van der Waals surface area contributed by atoms with Crippen LogP contribution in [0.4, 0.5) is 0 Å². The van der Waals surface area contributed by atoms with E-state index in [2.05, 4.69) is 5.32 Å². The number of carbonyl (C=O) groups excluding carboxylic acids is 2. The zero-order valence-corrected chi connectivity index (χ0v) is 16.0. The van der Waals surface area contributed by atoms with Gasteiger partial charge in [-0.25, -0.2) is 4.79 Å². The molecule has 0 saturated carbocycles. The van der Waals surface area contributed by atoms with E-state index in [9.17, 15) is 9.59 Å². The van der Waals surface area contributed by atoms with Gasteiger partial charge in [0.1, 0.15) is 12.4 Å². The van der Waals surface area contributed by atoms with Gasteiger partial charge in [-0.05, 0) is 55.2 Å². The van der Waals surface area contributed by atoms with Gasteiger partial charge in [-0.1, -0.05) is 24.3 Å². The molecule has 1 aliphatic heterocycles. The van der Waals surface area contributed by atoms with Crippen molar-refractivity contribution < 1.29 is 23.8 Å². The maximum Gasteiger partial charge on any atom is 0.338 e. The van der Waals surface area contributed by atoms with E-state index in [0.29, 0.717) is 24.5 Å². The molecule has 0 spiro atoms. The summed E-state index contributed by atoms with van der Waals surface area (Å²) >= 11 is 0. The first-order valence-corrected chi connectivity index (χ1v) is 9.44. The molecule has 2 aromatic rings. The number of nitrogens with one attached hydrogen (secondary N) is 1. The molecule has 3 rings (SSSR count). The Morgan fingerprint density at radius 2 is 1.93 bits per heavy atom. The van der Waals surface area contributed by atoms with E-state index in [1.54, 1.807) is 24.3 Å². The van der Waals surface area contributed by atoms with Crippen molar-refractivity contribution in [1.29, 1.82) is 0 Å². The molecule has 0 aromatic heterocycles. The minimum absolute atomic E-state index is 0.142. The van der Waals surface area contributed by atoms with Crippen LogP contribution in [0.25, 0.3) is 0 Å². The maximum absolute atomic E-state index is 12.1. The Morgan fingerprint density at radius 1 is 1.14 bits per heavy atom. The van der Waals surface area contributed by atoms with E-state index < -0.39 is 5.97 Å². The Bertz CT molecular complexity index is 797. The van der Waals surface area contributed by atoms with Gasteiger partial charge in [-0.15, -0.1) is 0 Å². The average Bonchev–Trinajstić information content (AvgIpc) is 3.24. The van der Waals surface area contributed by atoms with Gasteiger partial charge in [-0.3, -0.25) is 4.79 Å². The molecule has 1 aliphatic rings. The summed E-state index contributed by atoms with van der Waals surface area (Å²) in [5.41, 5.74) is 2.50. The monoisotopic (exact) mass is 383 g/mol. The summed E-state index contributed by atoms with van der Waals surface area (Å²) in [6, 6.07) is 14.5. The van der Waals surface area contributed by atoms with Gasteiger partial charge in [0.2, 0.25) is 0 Å². The standard InChI is InChI=1S/C22H25NO5/c1-16-5-2-3-6-18(16)13-23-21(24)15-28-22(25)17-8-10-19(11-9-17)27-14-20-7-4-12-26-20/h2-3,5-6,8-11,20H,4,7,12-15H2,1H3,(H,23,24). The second-order valence-electron chi connectivity index (χ2n) is 6.75. The molecular weight excluding hydrogens is 358 g/mol. The van der Waals surface area contributed by atoms with Crippen LogP contribution >= 0.6 is 0 Å². The zero-order chi connectivity index (χ0) is 19.8. The molecule has 2 aromatic carbocycles. The zero-order valence-electron chi connectivity index (χ0n) is 16.0. The molecule has 6 heteroatoms. The first-order chi connectivity index (χ1) is 13.6. The van der Waals surface area contributed by atoms with Crippen LogP contribution in [0, 0.1) is 6.92 Å². The average molecular weight is 383 g/mol. The van der Waals surface area contributed by atoms with Crippen LogP contribution in [0.3, 0.4) is 0 Å². The Hall–Kier alpha value is -2.86. The highest BCUT2D eigenvalue weighted by Gasteiger charge is 2.16. The Kier molecular flexibility index (Phi) is 7.03. The SMILES string of the molecule is Cc1ccccc1CNC(=O)COC(=O)c1ccc(OCC2CCCO2)cc1. The molecule has 1 atom stereocenters. The van der Waals surface area contributed by atoms with Crippen molar-refractivity contribution >= 4 is 11.9 Å². The summed E-state index contributed by atoms with van der Waals surface area (Å²) in [6.45, 7) is 3.36. The summed E-state index contributed by atoms with van der Waals surface area (Å²) in [5, 5.41) is 2.75. The largest absolute Gasteiger partial charge is 0.491 e. The number of aryl methyl sites for hydroxylation is 1. The van der Waals surface area contributed by atoms with E-state index in [1.807, 2.05) is 31.2 Å². The van der Waals surface area contributed by atoms with E-state index in [-0.39, 0.29) is 18.6 Å². The highest BCUT2D eigenvalue weighted by molar-refractivity contribution is 5.91. The van der Waals surface area contributed by atoms with Crippen LogP contribution in [-0.4, -0.2) is 37.8 Å². The van der Waals surface area contributed by atoms with Crippen LogP contribution in [0.15, 0.2) is 48.5 Å². The van der Waals surface area contributed by atoms with Gasteiger partial charge in [0.15, 0.2) is 6.61 Å². The Morgan fingerprint density at radius 3 is 2.64 bits per heavy atom. The number of esters is 1. The molecule has 28 heavy (non-hydrogen) atoms. The molecule has 1 heterocycles. The number of amides is 1. The Balaban J connectivity index is 1.40. The lowest BCUT2D eigenvalue weighted by Crippen LogP contribution is -2.28. The highest BCUT2D eigenvalue weighted by atomic mass is 16.5. The first-order valence-electron chi connectivity index (χ1n) is 9.44. The number of hydrogen-bond donors (Lipinski definition) is 1. The van der Waals surface area contributed by atoms with Crippen LogP contribution in [0.1, 0.15) is 34.3 Å². The van der Waals surface area contributed by atoms with Crippen molar-refractivity contribution in [3.63, 3.8) is 0 Å². The fourth-order valence-electron chi connectivity index (χ4n) is 2.92. The van der Waals surface area contributed by atoms with Crippen LogP contribution < -0.4 is 10.1 Å². The predicted octanol–water partition coefficient (Wildman–Crippen LogP) is 3.03. The number of ether oxygens (including phenoxy) is 3. The summed E-state index contributed by atoms with van der Waals surface area (Å²) < 4.78 is 16.3. The molecular formula is C22H25NO5. The van der Waals surface area contributed by atoms with Crippen molar-refractivity contribution in [2.45, 2.75) is 32.4 Å². The quantitative estimate of drug-likeness (QED) is 0.710. The second kappa shape index (κ2) is 9.90. The van der Waals surface area contributed by atoms with Gasteiger partial charge in [0, 0.05) is 13.2 Å². The first kappa shape index (κ1) is 19.9. The molecule has 0 bridgehead atoms. The van der Waals surface area contributed by atoms with Gasteiger partial charge in [0.25, 0.3) is 5.91 Å². The van der Waals surface area contributed by atoms with Crippen molar-refractivity contribution in [2.24, 2.45) is 0 Å². The fourth-order valence-corrected chi connectivity index (χ4v) is 2.92. The molecule has 0 radical (unpaired) electrons. The lowest BCUT2D eigenvalue weighted by atomic mass is 10.1. The fraction of sp³-hybridized carbons (Fsp3) is 0.364. The summed E-state index contributed by atoms with van der Waals surface area (Å²) in [7, 11) is 0. The van der Waals surface area contributed by atoms with Crippen LogP contribution in [-0.2, 0) is 20.8 Å². The minimum Gasteiger partial charge on any atom is -0.491 e. The highest BCUT2D eigenvalue weighted by Crippen LogP contribution is 2.17. The smallest absolute Gasteiger partial charge is 0.338 e. The normalized spacial score (nSPS) is 15.8. The minimum atomic E-state index is -0.545. The van der Waals surface area contributed by atoms with E-state index >= 15 is 0 Å². The molecule has 148 valence electrons. The van der Waals surface area contributed by atoms with Crippen LogP contribution in [0.5, 0.6) is 5.75 Å². The summed E-state index contributed by atoms with van der Waals surface area (Å²) in [5.74, 6) is -0.215. The van der Waals surface area contributed by atoms with Crippen LogP contribution in [0.2, 0.25) is 0 Å². The van der Waals surface area contributed by atoms with Crippen molar-refractivity contribution in [3.8, 4) is 5.75 Å². The number of rotatable bonds is 8. The van der Waals surface area contributed by atoms with E-state index in [1.165, 1.54) is 0 Å². The number of hydrogen-bond acceptors (Lipinski definition) is 5. The predicted molar refractivity (Wildman–Crippen MR) is 104 cm³/mol. The lowest BCUT2D eigenvalue weighted by Gasteiger charge is -2.11. The van der Waals surface area contributed by atoms with Crippen molar-refractivity contribution in [3.05, 3.63) is 65.2 Å². The lowest BCUT2D eigenvalue weighted by molar-refractivity contribution is -0.124. The Labute approximate surface area is 164 Å². The second-order valence-corrected chi connectivity index (χ2v) is 6.75. The third-order valence-electron chi connectivity index (χ3n) is 4.62. The third kappa shape index (κ3) is 5.82. The van der Waals surface area contributed by atoms with Crippen molar-refractivity contribution in [2.75, 3.05) is 19.8 Å². The topological polar surface area (TPSA) is 73.9 Å². The van der Waals surface area contributed by atoms with Gasteiger partial charge in [0.05, 0.1) is 11.7 Å². The number of carbonyl (C=O) groups is 2. The maximum atomic E-state index is 12.1. The van der Waals surface area contributed by atoms with E-state index in [0.717, 1.165) is 30.6 Å². The van der Waals surface area contributed by atoms with Gasteiger partial charge in [-0.2, -0.15) is 0 Å². The summed E-state index contributed by atoms with van der Waals surface area (Å²) in [6.07, 6.45) is 2.22. The molecule has 1 saturated heterocycles. The van der Waals surface area contributed by atoms with Crippen molar-refractivity contribution in [1.82, 2.24) is 5.32 Å². The van der Waals surface area contributed by atoms with Gasteiger partial charge >= 0.3 is 5.97 Å². The molecule has 1 N–H and O–H groups in total. The number of benzene rings is 2. The third-order valence-corrected chi connectivity index (χ3v) is 4.62. The molecule has 6 nitrogen and oxygen atoms in total. The molecule has 0 aliphatic carbocycles. The molecule has 1 unspecified atom stereocenters. The molecule has 1 fully saturated rings. The van der Waals surface area contributed by atoms with Gasteiger partial charge < -0.3 is 19.5 Å².